The van der Waals surface area contributed by atoms with Crippen molar-refractivity contribution in [2.24, 2.45) is 11.8 Å². The monoisotopic (exact) mass is 376 g/mol. The standard InChI is InChI=1S/C21H40N6/c1-3-16(2)19-15-26(21(23)25-19)12-8-7-11-18-13-24-20(22)27(18)14-17-9-5-4-6-10-17/h16-19H,3-15H2,1-2H3,(H2,22,24)(H2,23,25)/t16?,18-,19+/m0/s1. The Morgan fingerprint density at radius 3 is 2.63 bits per heavy atom. The highest BCUT2D eigenvalue weighted by atomic mass is 15.4. The summed E-state index contributed by atoms with van der Waals surface area (Å²) in [5, 5.41) is 23.1. The third-order valence-corrected chi connectivity index (χ3v) is 7.01. The van der Waals surface area contributed by atoms with Crippen LogP contribution in [0.1, 0.15) is 71.6 Å². The molecule has 2 heterocycles. The summed E-state index contributed by atoms with van der Waals surface area (Å²) in [7, 11) is 0. The molecule has 27 heavy (non-hydrogen) atoms. The summed E-state index contributed by atoms with van der Waals surface area (Å²) in [5.74, 6) is 2.67. The molecule has 0 aromatic heterocycles. The summed E-state index contributed by atoms with van der Waals surface area (Å²) >= 11 is 0. The molecule has 3 aliphatic rings. The van der Waals surface area contributed by atoms with Crippen molar-refractivity contribution in [1.29, 1.82) is 10.8 Å². The van der Waals surface area contributed by atoms with Crippen molar-refractivity contribution in [2.45, 2.75) is 83.7 Å². The van der Waals surface area contributed by atoms with Gasteiger partial charge in [0.1, 0.15) is 0 Å². The minimum atomic E-state index is 0.438. The molecule has 1 saturated carbocycles. The van der Waals surface area contributed by atoms with Crippen molar-refractivity contribution >= 4 is 11.9 Å². The smallest absolute Gasteiger partial charge is 0.191 e. The molecule has 0 aromatic carbocycles. The molecule has 0 amide bonds. The van der Waals surface area contributed by atoms with E-state index in [4.69, 9.17) is 10.8 Å². The van der Waals surface area contributed by atoms with Crippen molar-refractivity contribution < 1.29 is 0 Å². The zero-order valence-corrected chi connectivity index (χ0v) is 17.4. The maximum atomic E-state index is 8.25. The predicted octanol–water partition coefficient (Wildman–Crippen LogP) is 3.20. The lowest BCUT2D eigenvalue weighted by molar-refractivity contribution is 0.236. The molecule has 154 valence electrons. The highest BCUT2D eigenvalue weighted by molar-refractivity contribution is 5.79. The van der Waals surface area contributed by atoms with Gasteiger partial charge in [-0.2, -0.15) is 0 Å². The zero-order chi connectivity index (χ0) is 19.2. The van der Waals surface area contributed by atoms with Crippen molar-refractivity contribution in [1.82, 2.24) is 20.4 Å². The second kappa shape index (κ2) is 9.65. The number of guanidine groups is 2. The number of nitrogens with zero attached hydrogens (tertiary/aromatic N) is 2. The molecule has 0 bridgehead atoms. The van der Waals surface area contributed by atoms with E-state index in [0.29, 0.717) is 29.9 Å². The SMILES string of the molecule is CCC(C)[C@H]1CN(CCCC[C@H]2CNC(=N)N2CC2CCCCC2)C(=N)N1. The molecule has 6 nitrogen and oxygen atoms in total. The quantitative estimate of drug-likeness (QED) is 0.466. The molecule has 1 unspecified atom stereocenters. The molecule has 0 aromatic rings. The number of unbranched alkanes of at least 4 members (excludes halogenated alkanes) is 1. The van der Waals surface area contributed by atoms with Crippen molar-refractivity contribution in [3.05, 3.63) is 0 Å². The van der Waals surface area contributed by atoms with Crippen LogP contribution in [0.15, 0.2) is 0 Å². The van der Waals surface area contributed by atoms with Gasteiger partial charge in [-0.1, -0.05) is 39.5 Å². The van der Waals surface area contributed by atoms with E-state index in [2.05, 4.69) is 34.3 Å². The van der Waals surface area contributed by atoms with E-state index in [-0.39, 0.29) is 0 Å². The number of nitrogens with one attached hydrogen (secondary N) is 4. The van der Waals surface area contributed by atoms with Gasteiger partial charge >= 0.3 is 0 Å². The topological polar surface area (TPSA) is 78.2 Å². The molecule has 3 atom stereocenters. The fourth-order valence-corrected chi connectivity index (χ4v) is 4.89. The lowest BCUT2D eigenvalue weighted by atomic mass is 9.88. The third kappa shape index (κ3) is 5.29. The van der Waals surface area contributed by atoms with Gasteiger partial charge in [0.15, 0.2) is 11.9 Å². The molecular weight excluding hydrogens is 336 g/mol. The third-order valence-electron chi connectivity index (χ3n) is 7.01. The summed E-state index contributed by atoms with van der Waals surface area (Å²) < 4.78 is 0. The first-order valence-electron chi connectivity index (χ1n) is 11.3. The maximum Gasteiger partial charge on any atom is 0.191 e. The van der Waals surface area contributed by atoms with Gasteiger partial charge in [-0.3, -0.25) is 10.8 Å². The maximum absolute atomic E-state index is 8.25. The summed E-state index contributed by atoms with van der Waals surface area (Å²) in [6, 6.07) is 0.927. The molecular formula is C21H40N6. The number of hydrogen-bond acceptors (Lipinski definition) is 2. The summed E-state index contributed by atoms with van der Waals surface area (Å²) in [6.07, 6.45) is 11.5. The van der Waals surface area contributed by atoms with Crippen molar-refractivity contribution in [3.8, 4) is 0 Å². The van der Waals surface area contributed by atoms with Gasteiger partial charge < -0.3 is 20.4 Å². The molecule has 3 fully saturated rings. The molecule has 4 N–H and O–H groups in total. The van der Waals surface area contributed by atoms with Gasteiger partial charge in [0, 0.05) is 38.3 Å². The van der Waals surface area contributed by atoms with Crippen LogP contribution in [0.5, 0.6) is 0 Å². The number of rotatable bonds is 9. The van der Waals surface area contributed by atoms with Crippen LogP contribution in [-0.2, 0) is 0 Å². The Labute approximate surface area is 165 Å². The van der Waals surface area contributed by atoms with Gasteiger partial charge in [0.05, 0.1) is 0 Å². The molecule has 1 aliphatic carbocycles. The Kier molecular flexibility index (Phi) is 7.25. The molecule has 0 spiro atoms. The fraction of sp³-hybridized carbons (Fsp3) is 0.905. The molecule has 6 heteroatoms. The Bertz CT molecular complexity index is 501. The highest BCUT2D eigenvalue weighted by Crippen LogP contribution is 2.26. The van der Waals surface area contributed by atoms with E-state index in [1.54, 1.807) is 0 Å². The van der Waals surface area contributed by atoms with Crippen LogP contribution in [0.25, 0.3) is 0 Å². The highest BCUT2D eigenvalue weighted by Gasteiger charge is 2.31. The van der Waals surface area contributed by atoms with Gasteiger partial charge in [-0.05, 0) is 43.9 Å². The lowest BCUT2D eigenvalue weighted by Gasteiger charge is -2.31. The molecule has 2 aliphatic heterocycles. The first-order valence-corrected chi connectivity index (χ1v) is 11.3. The first-order chi connectivity index (χ1) is 13.1. The van der Waals surface area contributed by atoms with Crippen molar-refractivity contribution in [3.63, 3.8) is 0 Å². The Morgan fingerprint density at radius 2 is 1.89 bits per heavy atom. The van der Waals surface area contributed by atoms with E-state index < -0.39 is 0 Å². The Hall–Kier alpha value is -1.46. The van der Waals surface area contributed by atoms with Gasteiger partial charge in [0.25, 0.3) is 0 Å². The van der Waals surface area contributed by atoms with Gasteiger partial charge in [0.2, 0.25) is 0 Å². The lowest BCUT2D eigenvalue weighted by Crippen LogP contribution is -2.39. The van der Waals surface area contributed by atoms with Gasteiger partial charge in [-0.25, -0.2) is 0 Å². The van der Waals surface area contributed by atoms with Crippen LogP contribution < -0.4 is 10.6 Å². The van der Waals surface area contributed by atoms with E-state index in [1.165, 1.54) is 38.5 Å². The molecule has 3 rings (SSSR count). The van der Waals surface area contributed by atoms with Crippen LogP contribution in [0.3, 0.4) is 0 Å². The van der Waals surface area contributed by atoms with E-state index in [9.17, 15) is 0 Å². The number of hydrogen-bond donors (Lipinski definition) is 4. The van der Waals surface area contributed by atoms with Crippen LogP contribution in [0.2, 0.25) is 0 Å². The zero-order valence-electron chi connectivity index (χ0n) is 17.4. The first kappa shape index (κ1) is 20.3. The molecule has 0 radical (unpaired) electrons. The molecule has 2 saturated heterocycles. The normalized spacial score (nSPS) is 27.8. The summed E-state index contributed by atoms with van der Waals surface area (Å²) in [6.45, 7) is 8.48. The Balaban J connectivity index is 1.38. The second-order valence-electron chi connectivity index (χ2n) is 8.97. The minimum absolute atomic E-state index is 0.438. The van der Waals surface area contributed by atoms with E-state index >= 15 is 0 Å². The minimum Gasteiger partial charge on any atom is -0.354 e. The van der Waals surface area contributed by atoms with Crippen molar-refractivity contribution in [2.75, 3.05) is 26.2 Å². The van der Waals surface area contributed by atoms with Crippen LogP contribution in [0.4, 0.5) is 0 Å². The van der Waals surface area contributed by atoms with Gasteiger partial charge in [-0.15, -0.1) is 0 Å². The second-order valence-corrected chi connectivity index (χ2v) is 8.97. The fourth-order valence-electron chi connectivity index (χ4n) is 4.89. The van der Waals surface area contributed by atoms with Crippen LogP contribution in [0, 0.1) is 22.7 Å². The van der Waals surface area contributed by atoms with E-state index in [1.807, 2.05) is 0 Å². The Morgan fingerprint density at radius 1 is 1.11 bits per heavy atom. The van der Waals surface area contributed by atoms with E-state index in [0.717, 1.165) is 51.4 Å². The van der Waals surface area contributed by atoms with Crippen LogP contribution >= 0.6 is 0 Å². The summed E-state index contributed by atoms with van der Waals surface area (Å²) in [5.41, 5.74) is 0. The average molecular weight is 377 g/mol. The predicted molar refractivity (Wildman–Crippen MR) is 112 cm³/mol. The van der Waals surface area contributed by atoms with Crippen LogP contribution in [-0.4, -0.2) is 60.0 Å². The largest absolute Gasteiger partial charge is 0.354 e. The summed E-state index contributed by atoms with van der Waals surface area (Å²) in [4.78, 5) is 4.56. The average Bonchev–Trinajstić information content (AvgIpc) is 3.22.